The topological polar surface area (TPSA) is 35.0 Å². The van der Waals surface area contributed by atoms with Crippen molar-refractivity contribution in [2.45, 2.75) is 65.2 Å². The van der Waals surface area contributed by atoms with Gasteiger partial charge >= 0.3 is 0 Å². The molecule has 0 spiro atoms. The van der Waals surface area contributed by atoms with E-state index in [1.807, 2.05) is 6.07 Å². The van der Waals surface area contributed by atoms with Gasteiger partial charge in [-0.05, 0) is 49.1 Å². The molecule has 0 atom stereocenters. The third-order valence-electron chi connectivity index (χ3n) is 5.69. The lowest BCUT2D eigenvalue weighted by molar-refractivity contribution is 0.285. The summed E-state index contributed by atoms with van der Waals surface area (Å²) in [4.78, 5) is 8.54. The van der Waals surface area contributed by atoms with Crippen LogP contribution >= 0.6 is 0 Å². The van der Waals surface area contributed by atoms with Crippen molar-refractivity contribution in [2.75, 3.05) is 6.61 Å². The maximum atomic E-state index is 14.7. The van der Waals surface area contributed by atoms with Crippen molar-refractivity contribution in [2.24, 2.45) is 0 Å². The fourth-order valence-electron chi connectivity index (χ4n) is 3.60. The number of rotatable bonds is 12. The Morgan fingerprint density at radius 1 is 0.818 bits per heavy atom. The Morgan fingerprint density at radius 2 is 1.55 bits per heavy atom. The zero-order valence-corrected chi connectivity index (χ0v) is 19.3. The predicted molar refractivity (Wildman–Crippen MR) is 125 cm³/mol. The zero-order chi connectivity index (χ0) is 23.6. The fourth-order valence-corrected chi connectivity index (χ4v) is 3.60. The van der Waals surface area contributed by atoms with Crippen LogP contribution in [0.2, 0.25) is 0 Å². The Bertz CT molecular complexity index is 1040. The van der Waals surface area contributed by atoms with E-state index in [0.29, 0.717) is 36.4 Å². The Hall–Kier alpha value is -2.89. The van der Waals surface area contributed by atoms with Crippen LogP contribution in [0.5, 0.6) is 5.75 Å². The standard InChI is InChI=1S/C27H31F3N2O/c1-3-4-5-6-7-8-15-33-24-13-12-22(26(29)27(24)30)21-17-31-25(32-18-21)14-11-20-10-9-19(2)23(28)16-20/h9-10,12-13,16-18H,3-8,11,14-15H2,1-2H3. The molecule has 0 N–H and O–H groups in total. The first-order valence-corrected chi connectivity index (χ1v) is 11.7. The van der Waals surface area contributed by atoms with Crippen LogP contribution in [0.25, 0.3) is 11.1 Å². The number of unbranched alkanes of at least 4 members (excludes halogenated alkanes) is 5. The Balaban J connectivity index is 1.56. The number of benzene rings is 2. The second-order valence-electron chi connectivity index (χ2n) is 8.33. The van der Waals surface area contributed by atoms with Gasteiger partial charge in [-0.15, -0.1) is 0 Å². The average Bonchev–Trinajstić information content (AvgIpc) is 2.82. The number of halogens is 3. The maximum absolute atomic E-state index is 14.7. The minimum atomic E-state index is -0.996. The lowest BCUT2D eigenvalue weighted by Crippen LogP contribution is -2.02. The number of hydrogen-bond donors (Lipinski definition) is 0. The molecule has 3 nitrogen and oxygen atoms in total. The lowest BCUT2D eigenvalue weighted by atomic mass is 10.1. The van der Waals surface area contributed by atoms with Gasteiger partial charge in [-0.25, -0.2) is 18.7 Å². The van der Waals surface area contributed by atoms with E-state index in [-0.39, 0.29) is 17.1 Å². The smallest absolute Gasteiger partial charge is 0.201 e. The van der Waals surface area contributed by atoms with Crippen LogP contribution in [0.3, 0.4) is 0 Å². The van der Waals surface area contributed by atoms with Crippen molar-refractivity contribution in [1.82, 2.24) is 9.97 Å². The molecule has 1 heterocycles. The van der Waals surface area contributed by atoms with Crippen molar-refractivity contribution < 1.29 is 17.9 Å². The number of nitrogens with zero attached hydrogens (tertiary/aromatic N) is 2. The van der Waals surface area contributed by atoms with E-state index in [0.717, 1.165) is 24.8 Å². The van der Waals surface area contributed by atoms with E-state index in [9.17, 15) is 13.2 Å². The summed E-state index contributed by atoms with van der Waals surface area (Å²) in [5.74, 6) is -1.72. The van der Waals surface area contributed by atoms with Crippen LogP contribution in [-0.4, -0.2) is 16.6 Å². The van der Waals surface area contributed by atoms with Gasteiger partial charge in [-0.1, -0.05) is 51.2 Å². The predicted octanol–water partition coefficient (Wildman–Crippen LogP) is 7.39. The molecule has 1 aromatic heterocycles. The minimum Gasteiger partial charge on any atom is -0.490 e. The molecule has 0 amide bonds. The van der Waals surface area contributed by atoms with E-state index < -0.39 is 11.6 Å². The van der Waals surface area contributed by atoms with E-state index in [1.165, 1.54) is 49.9 Å². The molecule has 33 heavy (non-hydrogen) atoms. The minimum absolute atomic E-state index is 0.0762. The summed E-state index contributed by atoms with van der Waals surface area (Å²) in [6, 6.07) is 8.07. The highest BCUT2D eigenvalue weighted by Crippen LogP contribution is 2.29. The second kappa shape index (κ2) is 12.4. The molecule has 0 saturated carbocycles. The van der Waals surface area contributed by atoms with Gasteiger partial charge in [0.25, 0.3) is 0 Å². The highest BCUT2D eigenvalue weighted by molar-refractivity contribution is 5.63. The molecule has 0 aliphatic rings. The monoisotopic (exact) mass is 456 g/mol. The van der Waals surface area contributed by atoms with Crippen LogP contribution < -0.4 is 4.74 Å². The van der Waals surface area contributed by atoms with Gasteiger partial charge in [0.15, 0.2) is 11.6 Å². The van der Waals surface area contributed by atoms with Gasteiger partial charge in [0.1, 0.15) is 11.6 Å². The average molecular weight is 457 g/mol. The molecule has 3 rings (SSSR count). The molecule has 0 aliphatic carbocycles. The molecule has 0 aliphatic heterocycles. The molecule has 0 fully saturated rings. The molecule has 176 valence electrons. The number of ether oxygens (including phenoxy) is 1. The molecule has 0 saturated heterocycles. The largest absolute Gasteiger partial charge is 0.490 e. The molecule has 3 aromatic rings. The molecular weight excluding hydrogens is 425 g/mol. The third-order valence-corrected chi connectivity index (χ3v) is 5.69. The van der Waals surface area contributed by atoms with Crippen molar-refractivity contribution >= 4 is 0 Å². The van der Waals surface area contributed by atoms with Gasteiger partial charge in [0.05, 0.1) is 6.61 Å². The van der Waals surface area contributed by atoms with Gasteiger partial charge < -0.3 is 4.74 Å². The Labute approximate surface area is 194 Å². The number of hydrogen-bond acceptors (Lipinski definition) is 3. The summed E-state index contributed by atoms with van der Waals surface area (Å²) in [5.41, 5.74) is 1.94. The van der Waals surface area contributed by atoms with Crippen LogP contribution in [0.4, 0.5) is 13.2 Å². The molecule has 0 radical (unpaired) electrons. The quantitative estimate of drug-likeness (QED) is 0.267. The first-order chi connectivity index (χ1) is 16.0. The lowest BCUT2D eigenvalue weighted by Gasteiger charge is -2.10. The molecular formula is C27H31F3N2O. The van der Waals surface area contributed by atoms with Crippen molar-refractivity contribution in [3.05, 3.63) is 77.1 Å². The van der Waals surface area contributed by atoms with E-state index in [2.05, 4.69) is 16.9 Å². The van der Waals surface area contributed by atoms with Gasteiger partial charge in [-0.3, -0.25) is 0 Å². The maximum Gasteiger partial charge on any atom is 0.201 e. The zero-order valence-electron chi connectivity index (χ0n) is 19.3. The summed E-state index contributed by atoms with van der Waals surface area (Å²) < 4.78 is 48.3. The van der Waals surface area contributed by atoms with Crippen molar-refractivity contribution in [3.8, 4) is 16.9 Å². The first-order valence-electron chi connectivity index (χ1n) is 11.7. The fraction of sp³-hybridized carbons (Fsp3) is 0.407. The van der Waals surface area contributed by atoms with Gasteiger partial charge in [0, 0.05) is 29.9 Å². The van der Waals surface area contributed by atoms with E-state index in [1.54, 1.807) is 13.0 Å². The second-order valence-corrected chi connectivity index (χ2v) is 8.33. The van der Waals surface area contributed by atoms with E-state index >= 15 is 0 Å². The van der Waals surface area contributed by atoms with Crippen LogP contribution in [0.1, 0.15) is 62.4 Å². The summed E-state index contributed by atoms with van der Waals surface area (Å²) >= 11 is 0. The normalized spacial score (nSPS) is 11.1. The van der Waals surface area contributed by atoms with E-state index in [4.69, 9.17) is 4.74 Å². The summed E-state index contributed by atoms with van der Waals surface area (Å²) in [6.07, 6.45) is 10.6. The Kier molecular flexibility index (Phi) is 9.28. The molecule has 0 bridgehead atoms. The highest BCUT2D eigenvalue weighted by atomic mass is 19.2. The number of aromatic nitrogens is 2. The van der Waals surface area contributed by atoms with Crippen LogP contribution in [0.15, 0.2) is 42.7 Å². The third kappa shape index (κ3) is 7.04. The van der Waals surface area contributed by atoms with Gasteiger partial charge in [-0.2, -0.15) is 4.39 Å². The SMILES string of the molecule is CCCCCCCCOc1ccc(-c2cnc(CCc3ccc(C)c(F)c3)nc2)c(F)c1F. The van der Waals surface area contributed by atoms with Crippen LogP contribution in [0, 0.1) is 24.4 Å². The summed E-state index contributed by atoms with van der Waals surface area (Å²) in [7, 11) is 0. The van der Waals surface area contributed by atoms with Crippen molar-refractivity contribution in [3.63, 3.8) is 0 Å². The van der Waals surface area contributed by atoms with Crippen LogP contribution in [-0.2, 0) is 12.8 Å². The molecule has 2 aromatic carbocycles. The Morgan fingerprint density at radius 3 is 2.27 bits per heavy atom. The summed E-state index contributed by atoms with van der Waals surface area (Å²) in [5, 5.41) is 0. The van der Waals surface area contributed by atoms with Crippen molar-refractivity contribution in [1.29, 1.82) is 0 Å². The highest BCUT2D eigenvalue weighted by Gasteiger charge is 2.16. The number of aryl methyl sites for hydroxylation is 3. The first kappa shape index (κ1) is 24.7. The summed E-state index contributed by atoms with van der Waals surface area (Å²) in [6.45, 7) is 4.25. The molecule has 0 unspecified atom stereocenters. The molecule has 6 heteroatoms. The van der Waals surface area contributed by atoms with Gasteiger partial charge in [0.2, 0.25) is 5.82 Å².